The topological polar surface area (TPSA) is 25.2 Å². The van der Waals surface area contributed by atoms with Gasteiger partial charge in [0.1, 0.15) is 11.5 Å². The van der Waals surface area contributed by atoms with Crippen LogP contribution in [0.3, 0.4) is 0 Å². The zero-order valence-electron chi connectivity index (χ0n) is 11.6. The number of thioether (sulfide) groups is 2. The molecule has 2 nitrogen and oxygen atoms in total. The first-order valence-corrected chi connectivity index (χ1v) is 9.24. The molecular weight excluding hydrogens is 300 g/mol. The van der Waals surface area contributed by atoms with Gasteiger partial charge in [-0.05, 0) is 44.1 Å². The zero-order chi connectivity index (χ0) is 14.4. The molecule has 0 radical (unpaired) electrons. The van der Waals surface area contributed by atoms with Gasteiger partial charge in [0.05, 0.1) is 12.3 Å². The van der Waals surface area contributed by atoms with Crippen molar-refractivity contribution in [2.75, 3.05) is 6.26 Å². The lowest BCUT2D eigenvalue weighted by molar-refractivity contribution is 0.251. The lowest BCUT2D eigenvalue weighted by Gasteiger charge is -2.27. The molecule has 2 rings (SSSR count). The summed E-state index contributed by atoms with van der Waals surface area (Å²) in [7, 11) is 0. The summed E-state index contributed by atoms with van der Waals surface area (Å²) in [6, 6.07) is 4.22. The van der Waals surface area contributed by atoms with Crippen LogP contribution >= 0.6 is 23.5 Å². The van der Waals surface area contributed by atoms with Crippen LogP contribution in [0.4, 0.5) is 8.78 Å². The molecule has 1 aromatic heterocycles. The predicted molar refractivity (Wildman–Crippen MR) is 82.4 cm³/mol. The quantitative estimate of drug-likeness (QED) is 0.799. The summed E-state index contributed by atoms with van der Waals surface area (Å²) in [5.74, 6) is -0.649. The monoisotopic (exact) mass is 321 g/mol. The fraction of sp³-hybridized carbons (Fsp3) is 0.714. The van der Waals surface area contributed by atoms with Gasteiger partial charge in [0.25, 0.3) is 5.76 Å². The lowest BCUT2D eigenvalue weighted by atomic mass is 9.95. The maximum absolute atomic E-state index is 12.1. The van der Waals surface area contributed by atoms with Crippen molar-refractivity contribution in [3.63, 3.8) is 0 Å². The molecule has 1 aliphatic carbocycles. The minimum atomic E-state index is -2.34. The van der Waals surface area contributed by atoms with Crippen LogP contribution < -0.4 is 5.32 Å². The maximum atomic E-state index is 12.1. The molecule has 6 heteroatoms. The highest BCUT2D eigenvalue weighted by atomic mass is 32.2. The van der Waals surface area contributed by atoms with Crippen LogP contribution in [0.5, 0.6) is 0 Å². The highest BCUT2D eigenvalue weighted by Crippen LogP contribution is 2.27. The van der Waals surface area contributed by atoms with Crippen molar-refractivity contribution in [2.24, 2.45) is 0 Å². The summed E-state index contributed by atoms with van der Waals surface area (Å²) in [5, 5.41) is 4.32. The van der Waals surface area contributed by atoms with Crippen LogP contribution in [0.15, 0.2) is 16.5 Å². The van der Waals surface area contributed by atoms with Gasteiger partial charge in [-0.25, -0.2) is 0 Å². The van der Waals surface area contributed by atoms with E-state index in [1.165, 1.54) is 25.7 Å². The Labute approximate surface area is 127 Å². The van der Waals surface area contributed by atoms with Crippen LogP contribution in [-0.4, -0.2) is 23.3 Å². The second-order valence-corrected chi connectivity index (χ2v) is 7.15. The number of hydrogen-bond donors (Lipinski definition) is 1. The Bertz CT molecular complexity index is 392. The molecule has 0 bridgehead atoms. The molecule has 0 aromatic carbocycles. The average Bonchev–Trinajstić information content (AvgIpc) is 2.91. The molecule has 0 saturated heterocycles. The minimum Gasteiger partial charge on any atom is -0.464 e. The first-order valence-electron chi connectivity index (χ1n) is 6.91. The first kappa shape index (κ1) is 16.2. The second kappa shape index (κ2) is 8.29. The number of nitrogens with one attached hydrogen (secondary N) is 1. The number of hydrogen-bond acceptors (Lipinski definition) is 4. The Hall–Kier alpha value is -0.200. The average molecular weight is 321 g/mol. The maximum Gasteiger partial charge on any atom is 0.284 e. The molecule has 1 aliphatic rings. The van der Waals surface area contributed by atoms with E-state index in [1.54, 1.807) is 6.07 Å². The van der Waals surface area contributed by atoms with E-state index in [9.17, 15) is 8.78 Å². The van der Waals surface area contributed by atoms with E-state index in [0.717, 1.165) is 11.0 Å². The van der Waals surface area contributed by atoms with Crippen molar-refractivity contribution >= 4 is 23.5 Å². The van der Waals surface area contributed by atoms with Gasteiger partial charge in [0.2, 0.25) is 0 Å². The Morgan fingerprint density at radius 3 is 2.60 bits per heavy atom. The van der Waals surface area contributed by atoms with Crippen LogP contribution in [0, 0.1) is 0 Å². The van der Waals surface area contributed by atoms with E-state index in [4.69, 9.17) is 4.42 Å². The Kier molecular flexibility index (Phi) is 6.71. The Balaban J connectivity index is 1.69. The van der Waals surface area contributed by atoms with E-state index in [2.05, 4.69) is 11.6 Å². The van der Waals surface area contributed by atoms with Gasteiger partial charge in [-0.3, -0.25) is 0 Å². The summed E-state index contributed by atoms with van der Waals surface area (Å²) in [5.41, 5.74) is 0. The standard InChI is InChI=1S/C14H21F2NOS2/c1-19-13-6-2-10(3-7-13)17-8-11-4-5-12(18-11)9-20-14(15)16/h4-5,10,13-14,17H,2-3,6-9H2,1H3. The molecule has 20 heavy (non-hydrogen) atoms. The summed E-state index contributed by atoms with van der Waals surface area (Å²) in [6.45, 7) is 0.688. The van der Waals surface area contributed by atoms with Crippen molar-refractivity contribution in [3.05, 3.63) is 23.7 Å². The predicted octanol–water partition coefficient (Wildman–Crippen LogP) is 4.50. The molecule has 1 N–H and O–H groups in total. The molecule has 1 heterocycles. The SMILES string of the molecule is CSC1CCC(NCc2ccc(CSC(F)F)o2)CC1. The van der Waals surface area contributed by atoms with Crippen molar-refractivity contribution in [3.8, 4) is 0 Å². The minimum absolute atomic E-state index is 0.233. The third-order valence-corrected chi connectivity index (χ3v) is 5.48. The first-order chi connectivity index (χ1) is 9.67. The van der Waals surface area contributed by atoms with E-state index in [-0.39, 0.29) is 5.75 Å². The molecule has 114 valence electrons. The highest BCUT2D eigenvalue weighted by molar-refractivity contribution is 7.99. The normalized spacial score (nSPS) is 23.4. The fourth-order valence-corrected chi connectivity index (χ4v) is 3.68. The summed E-state index contributed by atoms with van der Waals surface area (Å²) >= 11 is 2.56. The van der Waals surface area contributed by atoms with Crippen LogP contribution in [0.1, 0.15) is 37.2 Å². The molecule has 0 unspecified atom stereocenters. The lowest BCUT2D eigenvalue weighted by Crippen LogP contribution is -2.33. The van der Waals surface area contributed by atoms with Gasteiger partial charge in [-0.2, -0.15) is 20.5 Å². The van der Waals surface area contributed by atoms with Gasteiger partial charge in [0.15, 0.2) is 0 Å². The summed E-state index contributed by atoms with van der Waals surface area (Å²) in [6.07, 6.45) is 7.14. The second-order valence-electron chi connectivity index (χ2n) is 5.03. The van der Waals surface area contributed by atoms with E-state index in [1.807, 2.05) is 17.8 Å². The van der Waals surface area contributed by atoms with E-state index in [0.29, 0.717) is 30.1 Å². The van der Waals surface area contributed by atoms with Gasteiger partial charge in [0, 0.05) is 11.3 Å². The summed E-state index contributed by atoms with van der Waals surface area (Å²) < 4.78 is 29.7. The third kappa shape index (κ3) is 5.30. The fourth-order valence-electron chi connectivity index (χ4n) is 2.49. The number of furan rings is 1. The van der Waals surface area contributed by atoms with E-state index < -0.39 is 5.76 Å². The van der Waals surface area contributed by atoms with Crippen LogP contribution in [0.2, 0.25) is 0 Å². The molecule has 1 fully saturated rings. The smallest absolute Gasteiger partial charge is 0.284 e. The van der Waals surface area contributed by atoms with E-state index >= 15 is 0 Å². The van der Waals surface area contributed by atoms with Crippen molar-refractivity contribution in [1.82, 2.24) is 5.32 Å². The van der Waals surface area contributed by atoms with Gasteiger partial charge < -0.3 is 9.73 Å². The molecule has 0 amide bonds. The third-order valence-electron chi connectivity index (χ3n) is 3.64. The molecule has 1 aromatic rings. The van der Waals surface area contributed by atoms with Gasteiger partial charge in [-0.1, -0.05) is 11.8 Å². The van der Waals surface area contributed by atoms with Crippen LogP contribution in [-0.2, 0) is 12.3 Å². The Morgan fingerprint density at radius 2 is 1.95 bits per heavy atom. The highest BCUT2D eigenvalue weighted by Gasteiger charge is 2.20. The van der Waals surface area contributed by atoms with Crippen molar-refractivity contribution in [1.29, 1.82) is 0 Å². The molecule has 0 atom stereocenters. The molecule has 0 aliphatic heterocycles. The van der Waals surface area contributed by atoms with Crippen molar-refractivity contribution < 1.29 is 13.2 Å². The number of rotatable bonds is 7. The molecular formula is C14H21F2NOS2. The number of alkyl halides is 2. The Morgan fingerprint density at radius 1 is 1.25 bits per heavy atom. The van der Waals surface area contributed by atoms with Gasteiger partial charge >= 0.3 is 0 Å². The number of halogens is 2. The largest absolute Gasteiger partial charge is 0.464 e. The molecule has 0 spiro atoms. The summed E-state index contributed by atoms with van der Waals surface area (Å²) in [4.78, 5) is 0. The van der Waals surface area contributed by atoms with Gasteiger partial charge in [-0.15, -0.1) is 0 Å². The van der Waals surface area contributed by atoms with Crippen LogP contribution in [0.25, 0.3) is 0 Å². The molecule has 1 saturated carbocycles. The zero-order valence-corrected chi connectivity index (χ0v) is 13.2. The van der Waals surface area contributed by atoms with Crippen molar-refractivity contribution in [2.45, 2.75) is 55.0 Å².